The quantitative estimate of drug-likeness (QED) is 0.128. The molecule has 0 bridgehead atoms. The Morgan fingerprint density at radius 3 is 1.02 bits per heavy atom. The van der Waals surface area contributed by atoms with Crippen molar-refractivity contribution in [2.75, 3.05) is 0 Å². The molecule has 0 aliphatic heterocycles. The summed E-state index contributed by atoms with van der Waals surface area (Å²) in [4.78, 5) is 0. The van der Waals surface area contributed by atoms with Gasteiger partial charge < -0.3 is 0 Å². The molecule has 0 aliphatic rings. The van der Waals surface area contributed by atoms with Crippen LogP contribution in [0, 0.1) is 23.7 Å². The van der Waals surface area contributed by atoms with Crippen LogP contribution in [-0.4, -0.2) is 0 Å². The Labute approximate surface area is 306 Å². The van der Waals surface area contributed by atoms with E-state index in [4.69, 9.17) is 0 Å². The highest BCUT2D eigenvalue weighted by molar-refractivity contribution is 6.11. The molecule has 0 radical (unpaired) electrons. The van der Waals surface area contributed by atoms with Crippen LogP contribution in [0.25, 0.3) is 57.0 Å². The minimum Gasteiger partial charge on any atom is -0.0622 e. The average molecular weight is 659 g/mol. The molecule has 0 unspecified atom stereocenters. The average Bonchev–Trinajstić information content (AvgIpc) is 3.22. The van der Waals surface area contributed by atoms with Crippen LogP contribution in [0.1, 0.15) is 44.5 Å². The van der Waals surface area contributed by atoms with E-state index < -0.39 is 0 Å². The van der Waals surface area contributed by atoms with Crippen molar-refractivity contribution < 1.29 is 0 Å². The second-order valence-corrected chi connectivity index (χ2v) is 12.6. The Morgan fingerprint density at radius 2 is 0.615 bits per heavy atom. The third-order valence-electron chi connectivity index (χ3n) is 9.15. The maximum Gasteiger partial charge on any atom is 0.0249 e. The Balaban J connectivity index is 1.17. The molecule has 0 saturated heterocycles. The predicted molar refractivity (Wildman–Crippen MR) is 222 cm³/mol. The van der Waals surface area contributed by atoms with E-state index in [-0.39, 0.29) is 0 Å². The first-order valence-corrected chi connectivity index (χ1v) is 17.5. The Morgan fingerprint density at radius 1 is 0.269 bits per heavy atom. The number of hydrogen-bond donors (Lipinski definition) is 0. The topological polar surface area (TPSA) is 0 Å². The zero-order valence-electron chi connectivity index (χ0n) is 28.6. The molecule has 0 N–H and O–H groups in total. The fourth-order valence-electron chi connectivity index (χ4n) is 6.47. The van der Waals surface area contributed by atoms with E-state index in [1.54, 1.807) is 0 Å². The summed E-state index contributed by atoms with van der Waals surface area (Å²) >= 11 is 0. The van der Waals surface area contributed by atoms with E-state index in [0.717, 1.165) is 33.4 Å². The van der Waals surface area contributed by atoms with Gasteiger partial charge in [-0.05, 0) is 103 Å². The van der Waals surface area contributed by atoms with Gasteiger partial charge in [0.05, 0.1) is 0 Å². The Bertz CT molecular complexity index is 2500. The third-order valence-corrected chi connectivity index (χ3v) is 9.15. The van der Waals surface area contributed by atoms with Gasteiger partial charge in [0.1, 0.15) is 0 Å². The van der Waals surface area contributed by atoms with Crippen LogP contribution >= 0.6 is 0 Å². The monoisotopic (exact) mass is 658 g/mol. The zero-order valence-corrected chi connectivity index (χ0v) is 28.6. The zero-order chi connectivity index (χ0) is 35.0. The highest BCUT2D eigenvalue weighted by atomic mass is 14.2. The number of rotatable bonds is 5. The largest absolute Gasteiger partial charge is 0.0622 e. The molecule has 52 heavy (non-hydrogen) atoms. The van der Waals surface area contributed by atoms with Gasteiger partial charge in [-0.25, -0.2) is 0 Å². The molecule has 0 heteroatoms. The molecular formula is C52H34. The van der Waals surface area contributed by atoms with Gasteiger partial charge in [0.2, 0.25) is 0 Å². The predicted octanol–water partition coefficient (Wildman–Crippen LogP) is 12.8. The van der Waals surface area contributed by atoms with E-state index in [1.807, 2.05) is 60.7 Å². The highest BCUT2D eigenvalue weighted by Gasteiger charge is 2.15. The van der Waals surface area contributed by atoms with Gasteiger partial charge in [-0.3, -0.25) is 0 Å². The maximum atomic E-state index is 3.29. The molecule has 0 spiro atoms. The molecule has 0 fully saturated rings. The fourth-order valence-corrected chi connectivity index (χ4v) is 6.47. The lowest BCUT2D eigenvalue weighted by molar-refractivity contribution is 1.60. The molecule has 242 valence electrons. The van der Waals surface area contributed by atoms with Gasteiger partial charge in [0, 0.05) is 22.3 Å². The van der Waals surface area contributed by atoms with E-state index >= 15 is 0 Å². The van der Waals surface area contributed by atoms with E-state index in [0.29, 0.717) is 0 Å². The van der Waals surface area contributed by atoms with Crippen LogP contribution in [0.3, 0.4) is 0 Å². The van der Waals surface area contributed by atoms with Crippen molar-refractivity contribution in [3.8, 4) is 34.8 Å². The van der Waals surface area contributed by atoms with Crippen molar-refractivity contribution in [2.24, 2.45) is 0 Å². The summed E-state index contributed by atoms with van der Waals surface area (Å²) in [5.74, 6) is 13.1. The number of hydrogen-bond acceptors (Lipinski definition) is 0. The molecule has 0 nitrogen and oxygen atoms in total. The highest BCUT2D eigenvalue weighted by Crippen LogP contribution is 2.40. The first-order chi connectivity index (χ1) is 25.8. The van der Waals surface area contributed by atoms with Crippen molar-refractivity contribution in [2.45, 2.75) is 0 Å². The van der Waals surface area contributed by atoms with Crippen molar-refractivity contribution in [1.82, 2.24) is 0 Å². The van der Waals surface area contributed by atoms with Crippen LogP contribution in [0.15, 0.2) is 182 Å². The van der Waals surface area contributed by atoms with Crippen LogP contribution in [-0.2, 0) is 0 Å². The summed E-state index contributed by atoms with van der Waals surface area (Å²) in [6.07, 6.45) is 8.89. The lowest BCUT2D eigenvalue weighted by atomic mass is 9.86. The second-order valence-electron chi connectivity index (χ2n) is 12.6. The number of fused-ring (bicyclic) bond motifs is 2. The summed E-state index contributed by atoms with van der Waals surface area (Å²) in [5, 5.41) is 4.88. The van der Waals surface area contributed by atoms with Gasteiger partial charge >= 0.3 is 0 Å². The molecule has 0 atom stereocenters. The summed E-state index contributed by atoms with van der Waals surface area (Å²) in [7, 11) is 0. The second kappa shape index (κ2) is 15.2. The van der Waals surface area contributed by atoms with Crippen LogP contribution < -0.4 is 0 Å². The third kappa shape index (κ3) is 7.39. The standard InChI is InChI=1S/C52H34/c1-3-11-39(12-4-1)19-21-41-23-27-43(28-24-41)31-33-47-37-35-45-15-7-9-17-49(45)51(47)52-48(38-36-46-16-8-10-18-50(46)52)34-32-44-29-25-42(26-30-44)22-20-40-13-5-2-6-14-40/h1-18,23-38H/b33-31-,34-32-. The van der Waals surface area contributed by atoms with Gasteiger partial charge in [-0.1, -0.05) is 181 Å². The smallest absolute Gasteiger partial charge is 0.0249 e. The SMILES string of the molecule is C(#Cc1ccc(/C=C\c2ccc3ccccc3c2-c2c(/C=C\c3ccc(C#Cc4ccccc4)cc3)ccc3ccccc23)cc1)c1ccccc1. The van der Waals surface area contributed by atoms with Gasteiger partial charge in [-0.15, -0.1) is 0 Å². The molecule has 0 saturated carbocycles. The Kier molecular flexibility index (Phi) is 9.38. The van der Waals surface area contributed by atoms with Crippen molar-refractivity contribution >= 4 is 45.8 Å². The minimum atomic E-state index is 0.995. The lowest BCUT2D eigenvalue weighted by Gasteiger charge is -2.17. The van der Waals surface area contributed by atoms with Gasteiger partial charge in [0.25, 0.3) is 0 Å². The molecular weight excluding hydrogens is 625 g/mol. The van der Waals surface area contributed by atoms with E-state index in [9.17, 15) is 0 Å². The summed E-state index contributed by atoms with van der Waals surface area (Å²) < 4.78 is 0. The minimum absolute atomic E-state index is 0.995. The molecule has 0 aromatic heterocycles. The maximum absolute atomic E-state index is 3.29. The normalized spacial score (nSPS) is 11.0. The summed E-state index contributed by atoms with van der Waals surface area (Å²) in [5.41, 5.74) is 11.0. The summed E-state index contributed by atoms with van der Waals surface area (Å²) in [6, 6.07) is 63.4. The molecule has 0 amide bonds. The van der Waals surface area contributed by atoms with Crippen molar-refractivity contribution in [3.63, 3.8) is 0 Å². The van der Waals surface area contributed by atoms with Crippen LogP contribution in [0.5, 0.6) is 0 Å². The molecule has 8 aromatic carbocycles. The van der Waals surface area contributed by atoms with Crippen molar-refractivity contribution in [3.05, 3.63) is 226 Å². The molecule has 8 aromatic rings. The molecule has 8 rings (SSSR count). The van der Waals surface area contributed by atoms with Crippen LogP contribution in [0.2, 0.25) is 0 Å². The van der Waals surface area contributed by atoms with Gasteiger partial charge in [-0.2, -0.15) is 0 Å². The first kappa shape index (κ1) is 32.1. The van der Waals surface area contributed by atoms with E-state index in [1.165, 1.54) is 43.8 Å². The van der Waals surface area contributed by atoms with E-state index in [2.05, 4.69) is 169 Å². The molecule has 0 aliphatic carbocycles. The Hall–Kier alpha value is -7.12. The first-order valence-electron chi connectivity index (χ1n) is 17.5. The number of benzene rings is 8. The van der Waals surface area contributed by atoms with Gasteiger partial charge in [0.15, 0.2) is 0 Å². The summed E-state index contributed by atoms with van der Waals surface area (Å²) in [6.45, 7) is 0. The molecule has 0 heterocycles. The lowest BCUT2D eigenvalue weighted by Crippen LogP contribution is -1.92. The van der Waals surface area contributed by atoms with Crippen LogP contribution in [0.4, 0.5) is 0 Å². The fraction of sp³-hybridized carbons (Fsp3) is 0. The van der Waals surface area contributed by atoms with Crippen molar-refractivity contribution in [1.29, 1.82) is 0 Å².